The fraction of sp³-hybridized carbons (Fsp3) is 0.467. The number of aliphatic carboxylic acids is 1. The van der Waals surface area contributed by atoms with Gasteiger partial charge >= 0.3 is 5.97 Å². The summed E-state index contributed by atoms with van der Waals surface area (Å²) in [6.45, 7) is 2.59. The average Bonchev–Trinajstić information content (AvgIpc) is 3.23. The van der Waals surface area contributed by atoms with Crippen LogP contribution < -0.4 is 5.32 Å². The molecule has 0 spiro atoms. The zero-order valence-corrected chi connectivity index (χ0v) is 14.3. The first-order valence-electron chi connectivity index (χ1n) is 7.64. The van der Waals surface area contributed by atoms with Gasteiger partial charge in [0.25, 0.3) is 5.91 Å². The predicted octanol–water partition coefficient (Wildman–Crippen LogP) is 1.41. The monoisotopic (exact) mass is 349 g/mol. The van der Waals surface area contributed by atoms with Gasteiger partial charge in [-0.25, -0.2) is 9.78 Å². The Hall–Kier alpha value is -2.42. The molecule has 2 aromatic rings. The van der Waals surface area contributed by atoms with E-state index in [9.17, 15) is 14.7 Å². The summed E-state index contributed by atoms with van der Waals surface area (Å²) in [6.07, 6.45) is 4.03. The summed E-state index contributed by atoms with van der Waals surface area (Å²) < 4.78 is 1.52. The zero-order chi connectivity index (χ0) is 17.3. The largest absolute Gasteiger partial charge is 0.479 e. The number of hydrogen-bond donors (Lipinski definition) is 2. The highest BCUT2D eigenvalue weighted by atomic mass is 32.1. The van der Waals surface area contributed by atoms with Gasteiger partial charge in [0.1, 0.15) is 5.69 Å². The summed E-state index contributed by atoms with van der Waals surface area (Å²) in [5.74, 6) is -1.08. The Morgan fingerprint density at radius 2 is 2.08 bits per heavy atom. The molecule has 0 unspecified atom stereocenters. The van der Waals surface area contributed by atoms with E-state index in [2.05, 4.69) is 15.4 Å². The van der Waals surface area contributed by atoms with Crippen LogP contribution in [0.15, 0.2) is 17.8 Å². The number of carbonyl (C=O) groups is 2. The Labute approximate surface area is 143 Å². The lowest BCUT2D eigenvalue weighted by atomic mass is 9.87. The molecule has 3 rings (SSSR count). The molecule has 2 N–H and O–H groups in total. The van der Waals surface area contributed by atoms with Crippen molar-refractivity contribution in [3.63, 3.8) is 0 Å². The number of likely N-dealkylation sites (tertiary alicyclic amines) is 1. The van der Waals surface area contributed by atoms with Gasteiger partial charge in [-0.1, -0.05) is 0 Å². The van der Waals surface area contributed by atoms with Crippen molar-refractivity contribution in [1.82, 2.24) is 19.7 Å². The van der Waals surface area contributed by atoms with Crippen LogP contribution in [0.1, 0.15) is 28.9 Å². The molecule has 0 atom stereocenters. The fourth-order valence-corrected chi connectivity index (χ4v) is 3.56. The minimum Gasteiger partial charge on any atom is -0.479 e. The first kappa shape index (κ1) is 16.4. The van der Waals surface area contributed by atoms with Gasteiger partial charge in [0.05, 0.1) is 6.20 Å². The maximum Gasteiger partial charge on any atom is 0.331 e. The fourth-order valence-electron chi connectivity index (χ4n) is 2.92. The number of hydrogen-bond acceptors (Lipinski definition) is 6. The van der Waals surface area contributed by atoms with Gasteiger partial charge < -0.3 is 15.3 Å². The minimum atomic E-state index is -1.09. The first-order valence-corrected chi connectivity index (χ1v) is 8.52. The summed E-state index contributed by atoms with van der Waals surface area (Å²) in [4.78, 5) is 30.3. The molecule has 0 radical (unpaired) electrons. The summed E-state index contributed by atoms with van der Waals surface area (Å²) in [5, 5.41) is 19.2. The Balaban J connectivity index is 1.76. The summed E-state index contributed by atoms with van der Waals surface area (Å²) in [6, 6.07) is 0. The van der Waals surface area contributed by atoms with Crippen molar-refractivity contribution >= 4 is 28.3 Å². The van der Waals surface area contributed by atoms with E-state index in [4.69, 9.17) is 0 Å². The van der Waals surface area contributed by atoms with Crippen LogP contribution in [0.2, 0.25) is 0 Å². The molecule has 24 heavy (non-hydrogen) atoms. The van der Waals surface area contributed by atoms with E-state index in [1.165, 1.54) is 16.0 Å². The van der Waals surface area contributed by atoms with Gasteiger partial charge in [-0.3, -0.25) is 9.48 Å². The number of aromatic nitrogens is 3. The Bertz CT molecular complexity index is 761. The third-order valence-corrected chi connectivity index (χ3v) is 5.22. The first-order chi connectivity index (χ1) is 11.5. The molecular formula is C15H19N5O3S. The number of thiazole rings is 1. The lowest BCUT2D eigenvalue weighted by molar-refractivity contribution is -0.150. The lowest BCUT2D eigenvalue weighted by Gasteiger charge is -2.38. The normalized spacial score (nSPS) is 16.8. The molecular weight excluding hydrogens is 330 g/mol. The molecule has 1 amide bonds. The number of aryl methyl sites for hydroxylation is 1. The molecule has 8 nitrogen and oxygen atoms in total. The molecule has 0 saturated carbocycles. The third kappa shape index (κ3) is 2.75. The van der Waals surface area contributed by atoms with Gasteiger partial charge in [-0.15, -0.1) is 11.3 Å². The topological polar surface area (TPSA) is 100 Å². The molecule has 0 aromatic carbocycles. The van der Waals surface area contributed by atoms with E-state index in [-0.39, 0.29) is 5.91 Å². The number of amides is 1. The van der Waals surface area contributed by atoms with Crippen LogP contribution in [-0.2, 0) is 10.3 Å². The summed E-state index contributed by atoms with van der Waals surface area (Å²) >= 11 is 1.37. The predicted molar refractivity (Wildman–Crippen MR) is 89.4 cm³/mol. The minimum absolute atomic E-state index is 0.164. The van der Waals surface area contributed by atoms with Gasteiger partial charge in [0.15, 0.2) is 10.7 Å². The molecule has 0 aliphatic carbocycles. The highest BCUT2D eigenvalue weighted by molar-refractivity contribution is 7.13. The molecule has 9 heteroatoms. The molecule has 1 fully saturated rings. The smallest absolute Gasteiger partial charge is 0.331 e. The van der Waals surface area contributed by atoms with Crippen LogP contribution in [0.3, 0.4) is 0 Å². The molecule has 3 heterocycles. The number of carbonyl (C=O) groups excluding carboxylic acids is 1. The van der Waals surface area contributed by atoms with E-state index in [0.717, 1.165) is 5.56 Å². The lowest BCUT2D eigenvalue weighted by Crippen LogP contribution is -2.52. The number of anilines is 1. The van der Waals surface area contributed by atoms with Crippen LogP contribution in [0.25, 0.3) is 0 Å². The summed E-state index contributed by atoms with van der Waals surface area (Å²) in [5.41, 5.74) is 0.210. The van der Waals surface area contributed by atoms with Gasteiger partial charge in [0.2, 0.25) is 0 Å². The quantitative estimate of drug-likeness (QED) is 0.865. The molecule has 0 bridgehead atoms. The molecule has 128 valence electrons. The second-order valence-electron chi connectivity index (χ2n) is 5.88. The number of carboxylic acids is 1. The standard InChI is InChI=1S/C15H19N5O3S/c1-10-7-17-20(8-10)15(13(22)23)3-5-19(6-4-15)12(21)11-9-24-14(16-2)18-11/h7-9H,3-6H2,1-2H3,(H,16,18)(H,22,23). The van der Waals surface area contributed by atoms with E-state index in [1.807, 2.05) is 6.92 Å². The Morgan fingerprint density at radius 1 is 1.38 bits per heavy atom. The van der Waals surface area contributed by atoms with Crippen molar-refractivity contribution < 1.29 is 14.7 Å². The maximum atomic E-state index is 12.5. The van der Waals surface area contributed by atoms with Crippen LogP contribution >= 0.6 is 11.3 Å². The second-order valence-corrected chi connectivity index (χ2v) is 6.74. The van der Waals surface area contributed by atoms with Crippen molar-refractivity contribution in [3.05, 3.63) is 29.0 Å². The average molecular weight is 349 g/mol. The SMILES string of the molecule is CNc1nc(C(=O)N2CCC(C(=O)O)(n3cc(C)cn3)CC2)cs1. The molecule has 1 saturated heterocycles. The summed E-state index contributed by atoms with van der Waals surface area (Å²) in [7, 11) is 1.75. The number of nitrogens with one attached hydrogen (secondary N) is 1. The number of piperidine rings is 1. The number of rotatable bonds is 4. The van der Waals surface area contributed by atoms with Crippen molar-refractivity contribution in [2.24, 2.45) is 0 Å². The van der Waals surface area contributed by atoms with Gasteiger partial charge in [0, 0.05) is 44.6 Å². The van der Waals surface area contributed by atoms with Gasteiger partial charge in [-0.05, 0) is 12.5 Å². The van der Waals surface area contributed by atoms with Gasteiger partial charge in [-0.2, -0.15) is 5.10 Å². The van der Waals surface area contributed by atoms with E-state index < -0.39 is 11.5 Å². The van der Waals surface area contributed by atoms with E-state index in [1.54, 1.807) is 29.7 Å². The number of nitrogens with zero attached hydrogens (tertiary/aromatic N) is 4. The highest BCUT2D eigenvalue weighted by Gasteiger charge is 2.45. The maximum absolute atomic E-state index is 12.5. The number of carboxylic acid groups (broad SMARTS) is 1. The highest BCUT2D eigenvalue weighted by Crippen LogP contribution is 2.31. The van der Waals surface area contributed by atoms with E-state index in [0.29, 0.717) is 36.8 Å². The van der Waals surface area contributed by atoms with Crippen molar-refractivity contribution in [1.29, 1.82) is 0 Å². The van der Waals surface area contributed by atoms with Crippen molar-refractivity contribution in [2.75, 3.05) is 25.5 Å². The van der Waals surface area contributed by atoms with Crippen LogP contribution in [-0.4, -0.2) is 56.8 Å². The van der Waals surface area contributed by atoms with Crippen LogP contribution in [0.5, 0.6) is 0 Å². The van der Waals surface area contributed by atoms with Crippen LogP contribution in [0, 0.1) is 6.92 Å². The van der Waals surface area contributed by atoms with Crippen LogP contribution in [0.4, 0.5) is 5.13 Å². The molecule has 1 aliphatic heterocycles. The zero-order valence-electron chi connectivity index (χ0n) is 13.5. The van der Waals surface area contributed by atoms with Crippen molar-refractivity contribution in [3.8, 4) is 0 Å². The van der Waals surface area contributed by atoms with Crippen molar-refractivity contribution in [2.45, 2.75) is 25.3 Å². The third-order valence-electron chi connectivity index (χ3n) is 4.36. The molecule has 1 aliphatic rings. The Morgan fingerprint density at radius 3 is 2.58 bits per heavy atom. The Kier molecular flexibility index (Phi) is 4.27. The molecule has 2 aromatic heterocycles. The second kappa shape index (κ2) is 6.23. The van der Waals surface area contributed by atoms with E-state index >= 15 is 0 Å².